The summed E-state index contributed by atoms with van der Waals surface area (Å²) in [6, 6.07) is 4.08. The smallest absolute Gasteiger partial charge is 0.339 e. The number of hydrogen-bond acceptors (Lipinski definition) is 5. The minimum absolute atomic E-state index is 0.242. The van der Waals surface area contributed by atoms with Gasteiger partial charge < -0.3 is 10.0 Å². The van der Waals surface area contributed by atoms with Crippen LogP contribution in [-0.4, -0.2) is 34.9 Å². The van der Waals surface area contributed by atoms with E-state index in [0.29, 0.717) is 23.6 Å². The lowest BCUT2D eigenvalue weighted by molar-refractivity contribution is 0.0696. The van der Waals surface area contributed by atoms with Crippen LogP contribution in [0, 0.1) is 13.8 Å². The average Bonchev–Trinajstić information content (AvgIpc) is 2.91. The van der Waals surface area contributed by atoms with E-state index in [1.807, 2.05) is 23.4 Å². The summed E-state index contributed by atoms with van der Waals surface area (Å²) in [6.07, 6.45) is 0.863. The number of carboxylic acid groups (broad SMARTS) is 1. The van der Waals surface area contributed by atoms with Crippen molar-refractivity contribution < 1.29 is 9.90 Å². The van der Waals surface area contributed by atoms with E-state index in [-0.39, 0.29) is 5.56 Å². The normalized spacial score (nSPS) is 10.6. The topological polar surface area (TPSA) is 66.3 Å². The molecule has 0 amide bonds. The van der Waals surface area contributed by atoms with Gasteiger partial charge in [-0.25, -0.2) is 4.79 Å². The highest BCUT2D eigenvalue weighted by Crippen LogP contribution is 2.22. The predicted octanol–water partition coefficient (Wildman–Crippen LogP) is 2.53. The van der Waals surface area contributed by atoms with Crippen LogP contribution in [0.25, 0.3) is 0 Å². The summed E-state index contributed by atoms with van der Waals surface area (Å²) in [4.78, 5) is 14.6. The molecular formula is C14H17N3O2S. The summed E-state index contributed by atoms with van der Waals surface area (Å²) >= 11 is 1.70. The molecule has 1 N–H and O–H groups in total. The van der Waals surface area contributed by atoms with Crippen molar-refractivity contribution >= 4 is 23.1 Å². The highest BCUT2D eigenvalue weighted by Gasteiger charge is 2.20. The summed E-state index contributed by atoms with van der Waals surface area (Å²) in [5.74, 6) is -0.532. The fourth-order valence-corrected chi connectivity index (χ4v) is 2.66. The monoisotopic (exact) mass is 291 g/mol. The van der Waals surface area contributed by atoms with Gasteiger partial charge in [0.25, 0.3) is 0 Å². The fourth-order valence-electron chi connectivity index (χ4n) is 1.96. The third-order valence-electron chi connectivity index (χ3n) is 3.29. The molecule has 2 rings (SSSR count). The van der Waals surface area contributed by atoms with Crippen LogP contribution >= 0.6 is 11.3 Å². The molecule has 0 aromatic carbocycles. The van der Waals surface area contributed by atoms with Gasteiger partial charge in [0.15, 0.2) is 5.82 Å². The molecule has 0 radical (unpaired) electrons. The molecule has 20 heavy (non-hydrogen) atoms. The zero-order valence-corrected chi connectivity index (χ0v) is 12.6. The van der Waals surface area contributed by atoms with Crippen molar-refractivity contribution in [1.29, 1.82) is 0 Å². The first-order valence-corrected chi connectivity index (χ1v) is 7.19. The van der Waals surface area contributed by atoms with Crippen LogP contribution in [0.4, 0.5) is 5.82 Å². The standard InChI is InChI=1S/C14H17N3O2S/c1-9-10(2)15-16-13(12(9)14(18)19)17(3)7-6-11-5-4-8-20-11/h4-5,8H,6-7H2,1-3H3,(H,18,19). The Morgan fingerprint density at radius 1 is 1.40 bits per heavy atom. The summed E-state index contributed by atoms with van der Waals surface area (Å²) < 4.78 is 0. The number of aryl methyl sites for hydroxylation is 1. The van der Waals surface area contributed by atoms with Gasteiger partial charge in [-0.05, 0) is 37.3 Å². The van der Waals surface area contributed by atoms with Gasteiger partial charge in [0.1, 0.15) is 5.56 Å². The van der Waals surface area contributed by atoms with Crippen LogP contribution in [0.5, 0.6) is 0 Å². The van der Waals surface area contributed by atoms with E-state index in [1.54, 1.807) is 25.2 Å². The quantitative estimate of drug-likeness (QED) is 0.917. The van der Waals surface area contributed by atoms with E-state index in [4.69, 9.17) is 0 Å². The first-order chi connectivity index (χ1) is 9.50. The third-order valence-corrected chi connectivity index (χ3v) is 4.22. The zero-order chi connectivity index (χ0) is 14.7. The highest BCUT2D eigenvalue weighted by atomic mass is 32.1. The minimum atomic E-state index is -0.960. The molecule has 0 aliphatic heterocycles. The number of likely N-dealkylation sites (N-methyl/N-ethyl adjacent to an activating group) is 1. The maximum absolute atomic E-state index is 11.4. The maximum atomic E-state index is 11.4. The second kappa shape index (κ2) is 6.00. The SMILES string of the molecule is Cc1nnc(N(C)CCc2cccs2)c(C(=O)O)c1C. The average molecular weight is 291 g/mol. The van der Waals surface area contributed by atoms with Gasteiger partial charge in [0.05, 0.1) is 5.69 Å². The summed E-state index contributed by atoms with van der Waals surface area (Å²) in [5.41, 5.74) is 1.56. The number of hydrogen-bond donors (Lipinski definition) is 1. The third kappa shape index (κ3) is 2.96. The van der Waals surface area contributed by atoms with E-state index < -0.39 is 5.97 Å². The van der Waals surface area contributed by atoms with E-state index in [2.05, 4.69) is 16.3 Å². The van der Waals surface area contributed by atoms with Crippen molar-refractivity contribution in [3.8, 4) is 0 Å². The van der Waals surface area contributed by atoms with Gasteiger partial charge in [0, 0.05) is 18.5 Å². The number of aromatic carboxylic acids is 1. The van der Waals surface area contributed by atoms with Crippen LogP contribution in [0.15, 0.2) is 17.5 Å². The molecule has 5 nitrogen and oxygen atoms in total. The summed E-state index contributed by atoms with van der Waals surface area (Å²) in [7, 11) is 1.85. The lowest BCUT2D eigenvalue weighted by atomic mass is 10.1. The zero-order valence-electron chi connectivity index (χ0n) is 11.8. The second-order valence-electron chi connectivity index (χ2n) is 4.67. The number of carboxylic acids is 1. The van der Waals surface area contributed by atoms with Gasteiger partial charge in [-0.1, -0.05) is 6.07 Å². The molecular weight excluding hydrogens is 274 g/mol. The van der Waals surface area contributed by atoms with Crippen molar-refractivity contribution in [3.05, 3.63) is 39.2 Å². The molecule has 0 saturated heterocycles. The molecule has 0 spiro atoms. The molecule has 2 heterocycles. The Kier molecular flexibility index (Phi) is 4.34. The van der Waals surface area contributed by atoms with Gasteiger partial charge in [-0.2, -0.15) is 5.10 Å². The molecule has 0 aliphatic rings. The minimum Gasteiger partial charge on any atom is -0.478 e. The van der Waals surface area contributed by atoms with Crippen molar-refractivity contribution in [2.45, 2.75) is 20.3 Å². The molecule has 0 aliphatic carbocycles. The largest absolute Gasteiger partial charge is 0.478 e. The number of aromatic nitrogens is 2. The second-order valence-corrected chi connectivity index (χ2v) is 5.70. The summed E-state index contributed by atoms with van der Waals surface area (Å²) in [6.45, 7) is 4.24. The van der Waals surface area contributed by atoms with Crippen molar-refractivity contribution in [3.63, 3.8) is 0 Å². The van der Waals surface area contributed by atoms with Crippen LogP contribution in [0.3, 0.4) is 0 Å². The van der Waals surface area contributed by atoms with Crippen LogP contribution in [0.1, 0.15) is 26.5 Å². The Morgan fingerprint density at radius 2 is 2.15 bits per heavy atom. The lowest BCUT2D eigenvalue weighted by Crippen LogP contribution is -2.25. The predicted molar refractivity (Wildman–Crippen MR) is 79.8 cm³/mol. The Hall–Kier alpha value is -1.95. The number of nitrogens with zero attached hydrogens (tertiary/aromatic N) is 3. The molecule has 106 valence electrons. The highest BCUT2D eigenvalue weighted by molar-refractivity contribution is 7.09. The molecule has 0 fully saturated rings. The number of thiophene rings is 1. The lowest BCUT2D eigenvalue weighted by Gasteiger charge is -2.20. The Balaban J connectivity index is 2.23. The van der Waals surface area contributed by atoms with E-state index in [1.165, 1.54) is 4.88 Å². The molecule has 2 aromatic rings. The number of rotatable bonds is 5. The number of anilines is 1. The fraction of sp³-hybridized carbons (Fsp3) is 0.357. The molecule has 0 bridgehead atoms. The van der Waals surface area contributed by atoms with Crippen molar-refractivity contribution in [1.82, 2.24) is 10.2 Å². The molecule has 6 heteroatoms. The number of carbonyl (C=O) groups is 1. The van der Waals surface area contributed by atoms with Gasteiger partial charge >= 0.3 is 5.97 Å². The van der Waals surface area contributed by atoms with Crippen LogP contribution in [0.2, 0.25) is 0 Å². The van der Waals surface area contributed by atoms with E-state index in [9.17, 15) is 9.90 Å². The maximum Gasteiger partial charge on any atom is 0.339 e. The molecule has 0 unspecified atom stereocenters. The molecule has 0 saturated carbocycles. The van der Waals surface area contributed by atoms with Crippen LogP contribution < -0.4 is 4.90 Å². The van der Waals surface area contributed by atoms with Crippen molar-refractivity contribution in [2.75, 3.05) is 18.5 Å². The first-order valence-electron chi connectivity index (χ1n) is 6.31. The first kappa shape index (κ1) is 14.5. The van der Waals surface area contributed by atoms with Gasteiger partial charge in [0.2, 0.25) is 0 Å². The Bertz CT molecular complexity index is 611. The van der Waals surface area contributed by atoms with Gasteiger partial charge in [-0.3, -0.25) is 0 Å². The van der Waals surface area contributed by atoms with E-state index in [0.717, 1.165) is 6.42 Å². The van der Waals surface area contributed by atoms with Crippen LogP contribution in [-0.2, 0) is 6.42 Å². The van der Waals surface area contributed by atoms with Crippen molar-refractivity contribution in [2.24, 2.45) is 0 Å². The Labute approximate surface area is 121 Å². The Morgan fingerprint density at radius 3 is 2.75 bits per heavy atom. The van der Waals surface area contributed by atoms with Gasteiger partial charge in [-0.15, -0.1) is 16.4 Å². The molecule has 0 atom stereocenters. The molecule has 2 aromatic heterocycles. The summed E-state index contributed by atoms with van der Waals surface area (Å²) in [5, 5.41) is 19.5. The van der Waals surface area contributed by atoms with E-state index >= 15 is 0 Å².